The molecule has 6 nitrogen and oxygen atoms in total. The van der Waals surface area contributed by atoms with Crippen LogP contribution in [-0.2, 0) is 17.8 Å². The smallest absolute Gasteiger partial charge is 0.224 e. The van der Waals surface area contributed by atoms with Crippen molar-refractivity contribution < 1.29 is 9.18 Å². The van der Waals surface area contributed by atoms with Crippen molar-refractivity contribution in [1.29, 1.82) is 0 Å². The van der Waals surface area contributed by atoms with E-state index >= 15 is 0 Å². The third kappa shape index (κ3) is 4.91. The van der Waals surface area contributed by atoms with Crippen LogP contribution >= 0.6 is 0 Å². The molecule has 0 saturated carbocycles. The van der Waals surface area contributed by atoms with Crippen LogP contribution in [0.4, 0.5) is 4.39 Å². The molecule has 2 aromatic heterocycles. The first-order valence-electron chi connectivity index (χ1n) is 9.83. The lowest BCUT2D eigenvalue weighted by atomic mass is 10.1. The second kappa shape index (κ2) is 8.59. The zero-order valence-electron chi connectivity index (χ0n) is 17.7. The number of carbonyl (C=O) groups is 1. The van der Waals surface area contributed by atoms with Gasteiger partial charge in [-0.1, -0.05) is 6.92 Å². The number of halogens is 1. The summed E-state index contributed by atoms with van der Waals surface area (Å²) in [5.41, 5.74) is 5.50. The van der Waals surface area contributed by atoms with Crippen LogP contribution in [0.2, 0.25) is 0 Å². The average molecular weight is 397 g/mol. The number of hydrogen-bond donors (Lipinski definition) is 1. The van der Waals surface area contributed by atoms with E-state index in [4.69, 9.17) is 0 Å². The molecule has 1 unspecified atom stereocenters. The van der Waals surface area contributed by atoms with E-state index < -0.39 is 0 Å². The second-order valence-electron chi connectivity index (χ2n) is 7.73. The minimum atomic E-state index is -0.288. The van der Waals surface area contributed by atoms with E-state index in [1.54, 1.807) is 16.8 Å². The van der Waals surface area contributed by atoms with Gasteiger partial charge in [-0.2, -0.15) is 10.2 Å². The van der Waals surface area contributed by atoms with E-state index in [0.29, 0.717) is 6.54 Å². The number of rotatable bonds is 7. The molecule has 1 N–H and O–H groups in total. The van der Waals surface area contributed by atoms with Crippen LogP contribution in [0, 0.1) is 39.4 Å². The van der Waals surface area contributed by atoms with Crippen molar-refractivity contribution in [1.82, 2.24) is 24.9 Å². The van der Waals surface area contributed by atoms with E-state index in [0.717, 1.165) is 40.6 Å². The number of aryl methyl sites for hydroxylation is 3. The van der Waals surface area contributed by atoms with Crippen molar-refractivity contribution in [3.8, 4) is 5.69 Å². The molecule has 3 aromatic rings. The van der Waals surface area contributed by atoms with Gasteiger partial charge in [-0.25, -0.2) is 9.07 Å². The average Bonchev–Trinajstić information content (AvgIpc) is 3.13. The van der Waals surface area contributed by atoms with Crippen molar-refractivity contribution in [2.75, 3.05) is 6.54 Å². The Kier molecular flexibility index (Phi) is 6.15. The summed E-state index contributed by atoms with van der Waals surface area (Å²) in [7, 11) is 0. The minimum Gasteiger partial charge on any atom is -0.355 e. The summed E-state index contributed by atoms with van der Waals surface area (Å²) in [5, 5.41) is 12.0. The molecule has 1 amide bonds. The van der Waals surface area contributed by atoms with Crippen molar-refractivity contribution in [3.63, 3.8) is 0 Å². The Morgan fingerprint density at radius 2 is 1.83 bits per heavy atom. The Morgan fingerprint density at radius 1 is 1.14 bits per heavy atom. The first kappa shape index (κ1) is 20.8. The molecule has 0 spiro atoms. The summed E-state index contributed by atoms with van der Waals surface area (Å²) in [4.78, 5) is 12.5. The quantitative estimate of drug-likeness (QED) is 0.664. The second-order valence-corrected chi connectivity index (χ2v) is 7.73. The van der Waals surface area contributed by atoms with Gasteiger partial charge in [0, 0.05) is 30.0 Å². The Labute approximate surface area is 170 Å². The lowest BCUT2D eigenvalue weighted by Crippen LogP contribution is -2.31. The van der Waals surface area contributed by atoms with Gasteiger partial charge in [-0.15, -0.1) is 0 Å². The highest BCUT2D eigenvalue weighted by Gasteiger charge is 2.17. The molecule has 0 aliphatic carbocycles. The van der Waals surface area contributed by atoms with Gasteiger partial charge in [0.1, 0.15) is 5.82 Å². The summed E-state index contributed by atoms with van der Waals surface area (Å²) < 4.78 is 16.9. The fourth-order valence-corrected chi connectivity index (χ4v) is 3.50. The first-order chi connectivity index (χ1) is 13.7. The molecule has 1 atom stereocenters. The summed E-state index contributed by atoms with van der Waals surface area (Å²) in [6.07, 6.45) is 0.269. The van der Waals surface area contributed by atoms with Gasteiger partial charge in [0.25, 0.3) is 0 Å². The van der Waals surface area contributed by atoms with Crippen LogP contribution in [-0.4, -0.2) is 32.0 Å². The van der Waals surface area contributed by atoms with E-state index in [-0.39, 0.29) is 24.1 Å². The van der Waals surface area contributed by atoms with Crippen LogP contribution in [0.5, 0.6) is 0 Å². The number of nitrogens with zero attached hydrogens (tertiary/aromatic N) is 4. The highest BCUT2D eigenvalue weighted by Crippen LogP contribution is 2.19. The topological polar surface area (TPSA) is 64.7 Å². The molecule has 0 bridgehead atoms. The largest absolute Gasteiger partial charge is 0.355 e. The normalized spacial score (nSPS) is 12.2. The maximum absolute atomic E-state index is 13.2. The Morgan fingerprint density at radius 3 is 2.45 bits per heavy atom. The van der Waals surface area contributed by atoms with E-state index in [2.05, 4.69) is 28.5 Å². The number of aromatic nitrogens is 4. The van der Waals surface area contributed by atoms with Gasteiger partial charge >= 0.3 is 0 Å². The monoisotopic (exact) mass is 397 g/mol. The Balaban J connectivity index is 1.60. The minimum absolute atomic E-state index is 0.0323. The standard InChI is InChI=1S/C22H28FN5O/c1-14(13-27-16(3)10-15(2)25-27)12-24-22(29)11-21-17(4)26-28(18(21)5)20-8-6-19(23)7-9-20/h6-10,14H,11-13H2,1-5H3,(H,24,29). The molecule has 0 aliphatic rings. The molecular weight excluding hydrogens is 369 g/mol. The van der Waals surface area contributed by atoms with Gasteiger partial charge in [-0.3, -0.25) is 9.48 Å². The fraction of sp³-hybridized carbons (Fsp3) is 0.409. The number of benzene rings is 1. The van der Waals surface area contributed by atoms with Gasteiger partial charge < -0.3 is 5.32 Å². The van der Waals surface area contributed by atoms with Crippen molar-refractivity contribution in [2.24, 2.45) is 5.92 Å². The van der Waals surface area contributed by atoms with Crippen molar-refractivity contribution >= 4 is 5.91 Å². The highest BCUT2D eigenvalue weighted by molar-refractivity contribution is 5.79. The third-order valence-electron chi connectivity index (χ3n) is 5.09. The predicted octanol–water partition coefficient (Wildman–Crippen LogP) is 3.44. The van der Waals surface area contributed by atoms with Crippen LogP contribution in [0.3, 0.4) is 0 Å². The summed E-state index contributed by atoms with van der Waals surface area (Å²) in [6, 6.07) is 8.22. The molecule has 3 rings (SSSR count). The van der Waals surface area contributed by atoms with Gasteiger partial charge in [0.15, 0.2) is 0 Å². The van der Waals surface area contributed by atoms with E-state index in [1.807, 2.05) is 32.4 Å². The zero-order chi connectivity index (χ0) is 21.1. The van der Waals surface area contributed by atoms with Gasteiger partial charge in [-0.05, 0) is 63.9 Å². The van der Waals surface area contributed by atoms with Crippen molar-refractivity contribution in [3.05, 3.63) is 64.5 Å². The van der Waals surface area contributed by atoms with E-state index in [1.165, 1.54) is 12.1 Å². The molecule has 154 valence electrons. The molecule has 0 fully saturated rings. The number of amides is 1. The molecule has 0 saturated heterocycles. The summed E-state index contributed by atoms with van der Waals surface area (Å²) in [5.74, 6) is -0.0550. The van der Waals surface area contributed by atoms with Crippen LogP contribution in [0.1, 0.15) is 35.3 Å². The van der Waals surface area contributed by atoms with E-state index in [9.17, 15) is 9.18 Å². The maximum Gasteiger partial charge on any atom is 0.224 e. The van der Waals surface area contributed by atoms with Gasteiger partial charge in [0.2, 0.25) is 5.91 Å². The Hall–Kier alpha value is -2.96. The first-order valence-corrected chi connectivity index (χ1v) is 9.83. The predicted molar refractivity (Wildman–Crippen MR) is 111 cm³/mol. The molecule has 7 heteroatoms. The number of hydrogen-bond acceptors (Lipinski definition) is 3. The summed E-state index contributed by atoms with van der Waals surface area (Å²) in [6.45, 7) is 11.3. The number of nitrogens with one attached hydrogen (secondary N) is 1. The molecule has 0 radical (unpaired) electrons. The fourth-order valence-electron chi connectivity index (χ4n) is 3.50. The molecule has 29 heavy (non-hydrogen) atoms. The van der Waals surface area contributed by atoms with Crippen LogP contribution < -0.4 is 5.32 Å². The van der Waals surface area contributed by atoms with Crippen LogP contribution in [0.25, 0.3) is 5.69 Å². The Bertz CT molecular complexity index is 1000. The lowest BCUT2D eigenvalue weighted by Gasteiger charge is -2.14. The molecule has 2 heterocycles. The SMILES string of the molecule is Cc1cc(C)n(CC(C)CNC(=O)Cc2c(C)nn(-c3ccc(F)cc3)c2C)n1. The van der Waals surface area contributed by atoms with Gasteiger partial charge in [0.05, 0.1) is 23.5 Å². The van der Waals surface area contributed by atoms with Crippen LogP contribution in [0.15, 0.2) is 30.3 Å². The lowest BCUT2D eigenvalue weighted by molar-refractivity contribution is -0.120. The molecule has 0 aliphatic heterocycles. The highest BCUT2D eigenvalue weighted by atomic mass is 19.1. The maximum atomic E-state index is 13.2. The zero-order valence-corrected chi connectivity index (χ0v) is 17.7. The molecular formula is C22H28FN5O. The summed E-state index contributed by atoms with van der Waals surface area (Å²) >= 11 is 0. The number of carbonyl (C=O) groups excluding carboxylic acids is 1. The van der Waals surface area contributed by atoms with Crippen molar-refractivity contribution in [2.45, 2.75) is 47.6 Å². The molecule has 1 aromatic carbocycles. The third-order valence-corrected chi connectivity index (χ3v) is 5.09.